The predicted octanol–water partition coefficient (Wildman–Crippen LogP) is 3.16. The second kappa shape index (κ2) is 8.14. The molecule has 0 radical (unpaired) electrons. The Morgan fingerprint density at radius 2 is 1.56 bits per heavy atom. The molecule has 3 heterocycles. The van der Waals surface area contributed by atoms with Crippen LogP contribution in [-0.4, -0.2) is 44.4 Å². The molecule has 3 aliphatic rings. The van der Waals surface area contributed by atoms with E-state index in [0.29, 0.717) is 37.7 Å². The zero-order chi connectivity index (χ0) is 23.3. The first-order valence-electron chi connectivity index (χ1n) is 11.4. The van der Waals surface area contributed by atoms with Gasteiger partial charge in [-0.05, 0) is 47.7 Å². The van der Waals surface area contributed by atoms with Crippen LogP contribution in [0.5, 0.6) is 11.5 Å². The smallest absolute Gasteiger partial charge is 0.245 e. The molecule has 34 heavy (non-hydrogen) atoms. The number of hydrogen-bond donors (Lipinski definition) is 0. The molecule has 0 saturated heterocycles. The summed E-state index contributed by atoms with van der Waals surface area (Å²) in [5.74, 6) is 0.733. The molecule has 1 atom stereocenters. The van der Waals surface area contributed by atoms with Crippen LogP contribution in [-0.2, 0) is 34.2 Å². The van der Waals surface area contributed by atoms with Crippen molar-refractivity contribution < 1.29 is 22.7 Å². The summed E-state index contributed by atoms with van der Waals surface area (Å²) in [5.41, 5.74) is 3.88. The van der Waals surface area contributed by atoms with Crippen LogP contribution in [0.4, 0.5) is 5.69 Å². The van der Waals surface area contributed by atoms with Gasteiger partial charge in [0.25, 0.3) is 0 Å². The fourth-order valence-electron chi connectivity index (χ4n) is 5.03. The van der Waals surface area contributed by atoms with Gasteiger partial charge in [-0.3, -0.25) is 4.79 Å². The minimum absolute atomic E-state index is 0.0933. The third-order valence-corrected chi connectivity index (χ3v) is 8.61. The first kappa shape index (κ1) is 21.2. The Balaban J connectivity index is 1.40. The van der Waals surface area contributed by atoms with Crippen LogP contribution in [0.1, 0.15) is 16.7 Å². The summed E-state index contributed by atoms with van der Waals surface area (Å²) in [7, 11) is -3.99. The molecule has 1 unspecified atom stereocenters. The number of carbonyl (C=O) groups excluding carboxylic acids is 1. The van der Waals surface area contributed by atoms with Gasteiger partial charge in [-0.2, -0.15) is 4.31 Å². The highest BCUT2D eigenvalue weighted by atomic mass is 32.2. The van der Waals surface area contributed by atoms with E-state index in [1.54, 1.807) is 11.0 Å². The number of ether oxygens (including phenoxy) is 2. The lowest BCUT2D eigenvalue weighted by molar-refractivity contribution is -0.122. The zero-order valence-corrected chi connectivity index (χ0v) is 19.3. The van der Waals surface area contributed by atoms with Crippen molar-refractivity contribution in [1.29, 1.82) is 0 Å². The van der Waals surface area contributed by atoms with Gasteiger partial charge in [0.15, 0.2) is 11.5 Å². The van der Waals surface area contributed by atoms with Crippen LogP contribution in [0.15, 0.2) is 71.6 Å². The number of nitrogens with zero attached hydrogens (tertiary/aromatic N) is 2. The maximum Gasteiger partial charge on any atom is 0.245 e. The third kappa shape index (κ3) is 3.45. The number of sulfonamides is 1. The average Bonchev–Trinajstić information content (AvgIpc) is 3.31. The van der Waals surface area contributed by atoms with Crippen LogP contribution >= 0.6 is 0 Å². The molecule has 0 saturated carbocycles. The van der Waals surface area contributed by atoms with Crippen molar-refractivity contribution in [3.05, 3.63) is 83.4 Å². The minimum Gasteiger partial charge on any atom is -0.486 e. The molecule has 0 spiro atoms. The monoisotopic (exact) mass is 476 g/mol. The first-order valence-corrected chi connectivity index (χ1v) is 12.8. The molecule has 0 N–H and O–H groups in total. The Bertz CT molecular complexity index is 1390. The number of hydrogen-bond acceptors (Lipinski definition) is 5. The van der Waals surface area contributed by atoms with Crippen molar-refractivity contribution in [2.75, 3.05) is 24.7 Å². The molecule has 0 fully saturated rings. The Labute approximate surface area is 198 Å². The molecule has 3 aromatic rings. The topological polar surface area (TPSA) is 76.2 Å². The molecule has 174 valence electrons. The summed E-state index contributed by atoms with van der Waals surface area (Å²) in [5, 5.41) is 0. The number of fused-ring (bicyclic) bond motifs is 3. The first-order chi connectivity index (χ1) is 16.5. The van der Waals surface area contributed by atoms with Crippen LogP contribution in [0.25, 0.3) is 0 Å². The van der Waals surface area contributed by atoms with Crippen molar-refractivity contribution in [3.63, 3.8) is 0 Å². The zero-order valence-electron chi connectivity index (χ0n) is 18.5. The lowest BCUT2D eigenvalue weighted by Crippen LogP contribution is -2.53. The van der Waals surface area contributed by atoms with Gasteiger partial charge in [0.1, 0.15) is 19.3 Å². The number of anilines is 1. The molecule has 0 bridgehead atoms. The van der Waals surface area contributed by atoms with Gasteiger partial charge in [0, 0.05) is 24.8 Å². The van der Waals surface area contributed by atoms with Gasteiger partial charge in [0.2, 0.25) is 15.9 Å². The molecule has 1 amide bonds. The predicted molar refractivity (Wildman–Crippen MR) is 127 cm³/mol. The van der Waals surface area contributed by atoms with E-state index in [9.17, 15) is 13.2 Å². The van der Waals surface area contributed by atoms with Gasteiger partial charge in [-0.1, -0.05) is 42.5 Å². The van der Waals surface area contributed by atoms with Gasteiger partial charge < -0.3 is 14.4 Å². The fourth-order valence-corrected chi connectivity index (χ4v) is 6.60. The lowest BCUT2D eigenvalue weighted by Gasteiger charge is -2.37. The quantitative estimate of drug-likeness (QED) is 0.581. The maximum atomic E-state index is 13.9. The highest BCUT2D eigenvalue weighted by Crippen LogP contribution is 2.37. The summed E-state index contributed by atoms with van der Waals surface area (Å²) in [6.45, 7) is 1.48. The van der Waals surface area contributed by atoms with Crippen LogP contribution in [0, 0.1) is 0 Å². The summed E-state index contributed by atoms with van der Waals surface area (Å²) in [6.07, 6.45) is 1.09. The van der Waals surface area contributed by atoms with Gasteiger partial charge in [-0.15, -0.1) is 0 Å². The number of rotatable bonds is 3. The van der Waals surface area contributed by atoms with Crippen molar-refractivity contribution in [1.82, 2.24) is 4.31 Å². The summed E-state index contributed by atoms with van der Waals surface area (Å²) in [4.78, 5) is 15.7. The Kier molecular flexibility index (Phi) is 5.08. The van der Waals surface area contributed by atoms with Crippen molar-refractivity contribution in [3.8, 4) is 11.5 Å². The molecule has 0 aliphatic carbocycles. The number of amides is 1. The van der Waals surface area contributed by atoms with E-state index < -0.39 is 16.1 Å². The lowest BCUT2D eigenvalue weighted by atomic mass is 9.95. The van der Waals surface area contributed by atoms with E-state index >= 15 is 0 Å². The highest BCUT2D eigenvalue weighted by molar-refractivity contribution is 7.89. The average molecular weight is 477 g/mol. The SMILES string of the molecule is O=C(C1Cc2ccccc2CN1S(=O)(=O)c1ccc2c(c1)OCCO2)N1CCc2ccccc21. The van der Waals surface area contributed by atoms with E-state index in [1.165, 1.54) is 16.4 Å². The standard InChI is InChI=1S/C26H24N2O5S/c29-26(27-12-11-18-5-3-4-8-22(18)27)23-15-19-6-1-2-7-20(19)17-28(23)34(30,31)21-9-10-24-25(16-21)33-14-13-32-24/h1-10,16,23H,11-15,17H2. The molecule has 3 aromatic carbocycles. The fraction of sp³-hybridized carbons (Fsp3) is 0.269. The molecule has 6 rings (SSSR count). The normalized spacial score (nSPS) is 19.4. The Morgan fingerprint density at radius 3 is 2.38 bits per heavy atom. The molecular formula is C26H24N2O5S. The highest BCUT2D eigenvalue weighted by Gasteiger charge is 2.42. The van der Waals surface area contributed by atoms with Gasteiger partial charge in [-0.25, -0.2) is 8.42 Å². The summed E-state index contributed by atoms with van der Waals surface area (Å²) >= 11 is 0. The maximum absolute atomic E-state index is 13.9. The molecular weight excluding hydrogens is 452 g/mol. The van der Waals surface area contributed by atoms with Gasteiger partial charge >= 0.3 is 0 Å². The second-order valence-corrected chi connectivity index (χ2v) is 10.6. The van der Waals surface area contributed by atoms with Crippen molar-refractivity contribution >= 4 is 21.6 Å². The molecule has 8 heteroatoms. The largest absolute Gasteiger partial charge is 0.486 e. The number of para-hydroxylation sites is 1. The Morgan fingerprint density at radius 1 is 0.853 bits per heavy atom. The summed E-state index contributed by atoms with van der Waals surface area (Å²) in [6, 6.07) is 19.3. The molecule has 3 aliphatic heterocycles. The van der Waals surface area contributed by atoms with E-state index in [2.05, 4.69) is 0 Å². The second-order valence-electron chi connectivity index (χ2n) is 8.71. The Hall–Kier alpha value is -3.36. The summed E-state index contributed by atoms with van der Waals surface area (Å²) < 4.78 is 40.3. The van der Waals surface area contributed by atoms with E-state index in [-0.39, 0.29) is 17.3 Å². The molecule has 7 nitrogen and oxygen atoms in total. The number of carbonyl (C=O) groups is 1. The van der Waals surface area contributed by atoms with Crippen LogP contribution in [0.3, 0.4) is 0 Å². The van der Waals surface area contributed by atoms with Crippen LogP contribution in [0.2, 0.25) is 0 Å². The van der Waals surface area contributed by atoms with Crippen molar-refractivity contribution in [2.45, 2.75) is 30.3 Å². The third-order valence-electron chi connectivity index (χ3n) is 6.76. The molecule has 0 aromatic heterocycles. The van der Waals surface area contributed by atoms with E-state index in [1.807, 2.05) is 48.5 Å². The van der Waals surface area contributed by atoms with E-state index in [4.69, 9.17) is 9.47 Å². The van der Waals surface area contributed by atoms with Crippen LogP contribution < -0.4 is 14.4 Å². The minimum atomic E-state index is -3.99. The number of benzene rings is 3. The van der Waals surface area contributed by atoms with Gasteiger partial charge in [0.05, 0.1) is 4.90 Å². The van der Waals surface area contributed by atoms with E-state index in [0.717, 1.165) is 28.8 Å². The van der Waals surface area contributed by atoms with Crippen molar-refractivity contribution in [2.24, 2.45) is 0 Å².